The fourth-order valence-electron chi connectivity index (χ4n) is 7.98. The molecule has 2 N–H and O–H groups in total. The van der Waals surface area contributed by atoms with Crippen molar-refractivity contribution in [2.24, 2.45) is 5.92 Å². The largest absolute Gasteiger partial charge is 0.465 e. The van der Waals surface area contributed by atoms with Gasteiger partial charge in [0.2, 0.25) is 0 Å². The molecule has 9 nitrogen and oxygen atoms in total. The van der Waals surface area contributed by atoms with Crippen LogP contribution in [0.2, 0.25) is 0 Å². The molecule has 0 aliphatic heterocycles. The van der Waals surface area contributed by atoms with Gasteiger partial charge in [0.15, 0.2) is 0 Å². The predicted molar refractivity (Wildman–Crippen MR) is 246 cm³/mol. The summed E-state index contributed by atoms with van der Waals surface area (Å²) in [7, 11) is 1.66. The lowest BCUT2D eigenvalue weighted by Crippen LogP contribution is -2.37. The third kappa shape index (κ3) is 27.4. The molecule has 0 aliphatic rings. The van der Waals surface area contributed by atoms with Gasteiger partial charge < -0.3 is 25.0 Å². The van der Waals surface area contributed by atoms with Gasteiger partial charge in [-0.1, -0.05) is 150 Å². The topological polar surface area (TPSA) is 114 Å². The first-order valence-electron chi connectivity index (χ1n) is 24.6. The summed E-state index contributed by atoms with van der Waals surface area (Å²) in [6.45, 7) is 13.0. The maximum absolute atomic E-state index is 12.7. The highest BCUT2D eigenvalue weighted by molar-refractivity contribution is 5.73. The summed E-state index contributed by atoms with van der Waals surface area (Å²) in [5, 5.41) is 5.99. The number of rotatable bonds is 43. The second-order valence-corrected chi connectivity index (χ2v) is 17.1. The van der Waals surface area contributed by atoms with Crippen LogP contribution in [0.15, 0.2) is 9.59 Å². The van der Waals surface area contributed by atoms with Crippen LogP contribution < -0.4 is 21.5 Å². The van der Waals surface area contributed by atoms with E-state index in [9.17, 15) is 19.2 Å². The molecule has 1 aromatic rings. The average molecular weight is 818 g/mol. The molecule has 0 radical (unpaired) electrons. The molecule has 0 spiro atoms. The van der Waals surface area contributed by atoms with E-state index in [-0.39, 0.29) is 18.0 Å². The SMILES string of the molecule is CCCCCCCCC(CCCCCC)COC(=O)CCCCCN(CCCCCCCC(=O)OC(CC)CCCCCCCC)CCCNc1c(NC)c(=O)c1=O. The molecule has 1 aromatic carbocycles. The van der Waals surface area contributed by atoms with Crippen molar-refractivity contribution in [1.82, 2.24) is 4.90 Å². The molecule has 0 saturated heterocycles. The summed E-state index contributed by atoms with van der Waals surface area (Å²) >= 11 is 0. The number of esters is 2. The number of carbonyl (C=O) groups is 2. The predicted octanol–water partition coefficient (Wildman–Crippen LogP) is 12.3. The first kappa shape index (κ1) is 53.6. The Labute approximate surface area is 356 Å². The van der Waals surface area contributed by atoms with Gasteiger partial charge in [-0.25, -0.2) is 0 Å². The number of anilines is 2. The summed E-state index contributed by atoms with van der Waals surface area (Å²) in [5.41, 5.74) is -0.0987. The van der Waals surface area contributed by atoms with Gasteiger partial charge in [0.05, 0.1) is 6.61 Å². The normalized spacial score (nSPS) is 12.6. The molecule has 0 saturated carbocycles. The summed E-state index contributed by atoms with van der Waals surface area (Å²) in [4.78, 5) is 51.4. The summed E-state index contributed by atoms with van der Waals surface area (Å²) in [5.74, 6) is 0.408. The Morgan fingerprint density at radius 1 is 0.534 bits per heavy atom. The Bertz CT molecular complexity index is 1200. The summed E-state index contributed by atoms with van der Waals surface area (Å²) in [6, 6.07) is 0. The van der Waals surface area contributed by atoms with Crippen LogP contribution in [0, 0.1) is 5.92 Å². The first-order valence-corrected chi connectivity index (χ1v) is 24.6. The molecule has 9 heteroatoms. The minimum Gasteiger partial charge on any atom is -0.465 e. The van der Waals surface area contributed by atoms with Gasteiger partial charge in [-0.3, -0.25) is 19.2 Å². The van der Waals surface area contributed by atoms with Gasteiger partial charge in [-0.05, 0) is 89.8 Å². The molecule has 0 aliphatic carbocycles. The molecule has 58 heavy (non-hydrogen) atoms. The highest BCUT2D eigenvalue weighted by Gasteiger charge is 2.19. The molecular weight excluding hydrogens is 727 g/mol. The smallest absolute Gasteiger partial charge is 0.306 e. The lowest BCUT2D eigenvalue weighted by molar-refractivity contribution is -0.150. The maximum Gasteiger partial charge on any atom is 0.306 e. The number of unbranched alkanes of at least 4 members (excludes halogenated alkanes) is 19. The van der Waals surface area contributed by atoms with Crippen LogP contribution in [0.25, 0.3) is 0 Å². The molecule has 0 amide bonds. The first-order chi connectivity index (χ1) is 28.3. The number of nitrogens with one attached hydrogen (secondary N) is 2. The lowest BCUT2D eigenvalue weighted by atomic mass is 9.95. The quantitative estimate of drug-likeness (QED) is 0.0378. The average Bonchev–Trinajstić information content (AvgIpc) is 3.22. The second-order valence-electron chi connectivity index (χ2n) is 17.1. The minimum absolute atomic E-state index is 0.0399. The highest BCUT2D eigenvalue weighted by atomic mass is 16.5. The Balaban J connectivity index is 2.42. The van der Waals surface area contributed by atoms with Crippen LogP contribution in [0.4, 0.5) is 11.4 Å². The molecule has 2 atom stereocenters. The van der Waals surface area contributed by atoms with Crippen LogP contribution in [-0.4, -0.2) is 62.8 Å². The van der Waals surface area contributed by atoms with Crippen molar-refractivity contribution in [1.29, 1.82) is 0 Å². The molecule has 1 rings (SSSR count). The number of ether oxygens (including phenoxy) is 2. The van der Waals surface area contributed by atoms with Crippen molar-refractivity contribution in [2.45, 2.75) is 233 Å². The van der Waals surface area contributed by atoms with E-state index in [4.69, 9.17) is 9.47 Å². The van der Waals surface area contributed by atoms with Crippen molar-refractivity contribution in [3.63, 3.8) is 0 Å². The van der Waals surface area contributed by atoms with Crippen molar-refractivity contribution in [2.75, 3.05) is 50.5 Å². The van der Waals surface area contributed by atoms with E-state index in [0.29, 0.717) is 43.3 Å². The number of hydrogen-bond donors (Lipinski definition) is 2. The van der Waals surface area contributed by atoms with Crippen LogP contribution in [0.5, 0.6) is 0 Å². The Kier molecular flexibility index (Phi) is 34.7. The van der Waals surface area contributed by atoms with E-state index in [2.05, 4.69) is 43.2 Å². The molecule has 2 unspecified atom stereocenters. The fraction of sp³-hybridized carbons (Fsp3) is 0.878. The van der Waals surface area contributed by atoms with Crippen molar-refractivity contribution in [3.05, 3.63) is 20.4 Å². The lowest BCUT2D eigenvalue weighted by Gasteiger charge is -2.23. The van der Waals surface area contributed by atoms with Crippen LogP contribution >= 0.6 is 0 Å². The molecule has 338 valence electrons. The monoisotopic (exact) mass is 818 g/mol. The zero-order valence-corrected chi connectivity index (χ0v) is 38.5. The third-order valence-electron chi connectivity index (χ3n) is 11.9. The maximum atomic E-state index is 12.7. The number of hydrogen-bond acceptors (Lipinski definition) is 9. The fourth-order valence-corrected chi connectivity index (χ4v) is 7.98. The standard InChI is InChI=1S/C49H91N3O6/c1-6-10-13-16-19-25-33-42(32-24-15-12-8-3)41-57-44(53)35-28-23-30-39-52(40-31-37-51-47-46(50-5)48(55)49(47)56)38-29-22-18-21-27-36-45(54)58-43(9-4)34-26-20-17-14-11-7-2/h42-43,50-51H,6-41H2,1-5H3. The summed E-state index contributed by atoms with van der Waals surface area (Å²) < 4.78 is 11.6. The van der Waals surface area contributed by atoms with Crippen molar-refractivity contribution < 1.29 is 19.1 Å². The van der Waals surface area contributed by atoms with Crippen molar-refractivity contribution in [3.8, 4) is 0 Å². The molecular formula is C49H91N3O6. The van der Waals surface area contributed by atoms with Gasteiger partial charge in [0, 0.05) is 26.4 Å². The Morgan fingerprint density at radius 3 is 1.55 bits per heavy atom. The second kappa shape index (κ2) is 37.6. The Hall–Kier alpha value is -2.42. The third-order valence-corrected chi connectivity index (χ3v) is 11.9. The van der Waals surface area contributed by atoms with E-state index in [1.54, 1.807) is 7.05 Å². The Morgan fingerprint density at radius 2 is 0.983 bits per heavy atom. The summed E-state index contributed by atoms with van der Waals surface area (Å²) in [6.07, 6.45) is 34.7. The van der Waals surface area contributed by atoms with Crippen LogP contribution in [0.1, 0.15) is 227 Å². The van der Waals surface area contributed by atoms with Gasteiger partial charge in [0.25, 0.3) is 10.9 Å². The van der Waals surface area contributed by atoms with Gasteiger partial charge in [-0.2, -0.15) is 0 Å². The van der Waals surface area contributed by atoms with Gasteiger partial charge >= 0.3 is 11.9 Å². The van der Waals surface area contributed by atoms with Crippen LogP contribution in [-0.2, 0) is 19.1 Å². The van der Waals surface area contributed by atoms with Crippen molar-refractivity contribution >= 4 is 23.3 Å². The van der Waals surface area contributed by atoms with Crippen LogP contribution in [0.3, 0.4) is 0 Å². The van der Waals surface area contributed by atoms with E-state index in [1.165, 1.54) is 109 Å². The minimum atomic E-state index is -0.448. The number of carbonyl (C=O) groups excluding carboxylic acids is 2. The number of nitrogens with zero attached hydrogens (tertiary/aromatic N) is 1. The van der Waals surface area contributed by atoms with Gasteiger partial charge in [-0.15, -0.1) is 0 Å². The zero-order valence-electron chi connectivity index (χ0n) is 38.5. The highest BCUT2D eigenvalue weighted by Crippen LogP contribution is 2.21. The van der Waals surface area contributed by atoms with E-state index in [0.717, 1.165) is 96.7 Å². The zero-order chi connectivity index (χ0) is 42.5. The molecule has 0 heterocycles. The van der Waals surface area contributed by atoms with Gasteiger partial charge in [0.1, 0.15) is 17.5 Å². The van der Waals surface area contributed by atoms with E-state index >= 15 is 0 Å². The van der Waals surface area contributed by atoms with E-state index in [1.807, 2.05) is 0 Å². The molecule has 0 aromatic heterocycles. The molecule has 0 fully saturated rings. The molecule has 0 bridgehead atoms. The van der Waals surface area contributed by atoms with E-state index < -0.39 is 10.9 Å².